The topological polar surface area (TPSA) is 176 Å². The zero-order chi connectivity index (χ0) is 92.1. The fourth-order valence-corrected chi connectivity index (χ4v) is 19.1. The zero-order valence-corrected chi connectivity index (χ0v) is 85.5. The minimum atomic E-state index is -3.12. The Bertz CT molecular complexity index is 5400. The quantitative estimate of drug-likeness (QED) is 0.0155. The van der Waals surface area contributed by atoms with E-state index in [1.807, 2.05) is 186 Å². The Kier molecular flexibility index (Phi) is 58.3. The maximum atomic E-state index is 12.5. The van der Waals surface area contributed by atoms with Crippen LogP contribution in [0, 0.1) is 27.7 Å². The Balaban J connectivity index is 0.00000162. The number of hydrogen-bond acceptors (Lipinski definition) is 14. The first-order valence-corrected chi connectivity index (χ1v) is 50.3. The van der Waals surface area contributed by atoms with E-state index in [-0.39, 0.29) is 90.6 Å². The summed E-state index contributed by atoms with van der Waals surface area (Å²) in [5.41, 5.74) is 24.0. The summed E-state index contributed by atoms with van der Waals surface area (Å²) in [4.78, 5) is 20.6. The van der Waals surface area contributed by atoms with Gasteiger partial charge >= 0.3 is 89.5 Å². The summed E-state index contributed by atoms with van der Waals surface area (Å²) in [6, 6.07) is 101. The third kappa shape index (κ3) is 46.8. The number of carbonyl (C=O) groups is 2. The summed E-state index contributed by atoms with van der Waals surface area (Å²) in [5, 5.41) is 0. The van der Waals surface area contributed by atoms with Crippen LogP contribution in [-0.2, 0) is 79.1 Å². The predicted octanol–water partition coefficient (Wildman–Crippen LogP) is 26.8. The first-order valence-electron chi connectivity index (χ1n) is 43.4. The second-order valence-corrected chi connectivity index (χ2v) is 37.6. The van der Waals surface area contributed by atoms with Gasteiger partial charge in [0, 0.05) is 12.6 Å². The number of hydrogen-bond donors (Lipinski definition) is 0. The number of aldehydes is 2. The van der Waals surface area contributed by atoms with Crippen LogP contribution >= 0.6 is 30.4 Å². The molecule has 0 amide bonds. The monoisotopic (exact) mass is 1870 g/mol. The SMILES string of the molecule is C.C.CCOP(=O)(Cc1ccc(/C=C/c2ccc(C)cc2)cc1)OCC.CCOP(=O)(Cc1ccc(/C=C/c2ccc(C)cc2)cc1)OCC.CCOP(=O)(Cc1ccc(CP(=O)(OCC)OCC)cc1)OCC.Cc1ccc(/C=C/c2ccc(/C=C/c3ccc(/C=C/c4ccccc4)cc3)cc2)cc1.Cc1ccc(C=O)cc1.O=Cc1ccc(/C=C/c2ccccc2)cc1.[H-].[H-].[HH].[Na+].[Na+]. The standard InChI is InChI=1S/C31H26.2C20H25O3P.C16H28O6P2.C15H12O.C8H8O.2CH4.2Na.H2.2H/c1-25-7-9-27(10-8-25)13-14-29-19-21-31(22-20-29)24-23-30-17-15-28(16-18-30)12-11-26-5-3-2-4-6-26;2*1-4-22-24(21,23-5-2)16-20-14-12-19(13-15-20)11-10-18-8-6-17(3)7-9-18;1-5-19-23(17,20-6-2)13-15-9-11-16(12-10-15)14-24(18,21-7-3)22-8-4;16-12-15-10-8-14(9-11-15)7-6-13-4-2-1-3-5-13;1-7-2-4-8(6-9)5-3-7;;;;;;;/h2-24H,1H3;2*6-15H,4-5,16H2,1-3H3;9-12H,5-8,13-14H2,1-4H3;1-12H;2-6H,1H3;2*1H4;;;1H;;/q;;;;;;;;2*+1;;2*-1/b12-11+,14-13+,24-23+;2*11-10+;;7-6+;;;;;;;;. The number of carbonyl (C=O) groups excluding carboxylic acids is 2. The summed E-state index contributed by atoms with van der Waals surface area (Å²) >= 11 is 0. The second kappa shape index (κ2) is 65.6. The maximum Gasteiger partial charge on any atom is 1.00 e. The van der Waals surface area contributed by atoms with Gasteiger partial charge in [0.15, 0.2) is 0 Å². The van der Waals surface area contributed by atoms with Crippen molar-refractivity contribution in [3.05, 3.63) is 426 Å². The molecule has 0 saturated heterocycles. The molecule has 20 heteroatoms. The average Bonchev–Trinajstić information content (AvgIpc) is 0.909. The third-order valence-electron chi connectivity index (χ3n) is 18.9. The van der Waals surface area contributed by atoms with Gasteiger partial charge in [0.25, 0.3) is 0 Å². The van der Waals surface area contributed by atoms with Crippen molar-refractivity contribution in [3.63, 3.8) is 0 Å². The van der Waals surface area contributed by atoms with Gasteiger partial charge in [-0.15, -0.1) is 0 Å². The van der Waals surface area contributed by atoms with Crippen molar-refractivity contribution < 1.29 is 127 Å². The van der Waals surface area contributed by atoms with E-state index in [2.05, 4.69) is 245 Å². The van der Waals surface area contributed by atoms with E-state index in [0.717, 1.165) is 57.1 Å². The molecule has 690 valence electrons. The van der Waals surface area contributed by atoms with Gasteiger partial charge < -0.3 is 39.0 Å². The Labute approximate surface area is 837 Å². The molecular formula is C112H136Na2O14P4. The van der Waals surface area contributed by atoms with Gasteiger partial charge in [-0.05, 0) is 172 Å². The van der Waals surface area contributed by atoms with Crippen LogP contribution in [0.15, 0.2) is 303 Å². The van der Waals surface area contributed by atoms with Crippen LogP contribution in [0.3, 0.4) is 0 Å². The molecule has 0 bridgehead atoms. The number of rotatable bonds is 38. The summed E-state index contributed by atoms with van der Waals surface area (Å²) in [6.45, 7) is 25.6. The van der Waals surface area contributed by atoms with Gasteiger partial charge in [-0.1, -0.05) is 413 Å². The number of benzene rings is 12. The Hall–Kier alpha value is -8.98. The molecule has 12 aromatic carbocycles. The molecule has 0 aliphatic heterocycles. The van der Waals surface area contributed by atoms with E-state index in [0.29, 0.717) is 70.7 Å². The van der Waals surface area contributed by atoms with Crippen LogP contribution < -0.4 is 59.1 Å². The average molecular weight is 1880 g/mol. The maximum absolute atomic E-state index is 12.5. The smallest absolute Gasteiger partial charge is 1.00 e. The molecule has 0 unspecified atom stereocenters. The van der Waals surface area contributed by atoms with Crippen molar-refractivity contribution in [1.82, 2.24) is 0 Å². The molecule has 12 rings (SSSR count). The first-order chi connectivity index (χ1) is 61.9. The first kappa shape index (κ1) is 117. The van der Waals surface area contributed by atoms with Gasteiger partial charge in [0.05, 0.1) is 77.5 Å². The van der Waals surface area contributed by atoms with Crippen molar-refractivity contribution in [2.45, 2.75) is 123 Å². The van der Waals surface area contributed by atoms with E-state index >= 15 is 0 Å². The molecule has 0 N–H and O–H groups in total. The van der Waals surface area contributed by atoms with E-state index in [1.165, 1.54) is 72.3 Å². The zero-order valence-electron chi connectivity index (χ0n) is 79.9. The van der Waals surface area contributed by atoms with Crippen LogP contribution in [0.5, 0.6) is 0 Å². The van der Waals surface area contributed by atoms with Gasteiger partial charge in [-0.25, -0.2) is 0 Å². The molecule has 0 fully saturated rings. The fraction of sp³-hybridized carbons (Fsp3) is 0.232. The molecule has 132 heavy (non-hydrogen) atoms. The molecule has 12 aromatic rings. The molecule has 0 radical (unpaired) electrons. The predicted molar refractivity (Wildman–Crippen MR) is 557 cm³/mol. The molecule has 0 aliphatic carbocycles. The summed E-state index contributed by atoms with van der Waals surface area (Å²) in [6.07, 6.45) is 28.0. The van der Waals surface area contributed by atoms with Crippen molar-refractivity contribution in [3.8, 4) is 0 Å². The van der Waals surface area contributed by atoms with Gasteiger partial charge in [0.1, 0.15) is 12.6 Å². The van der Waals surface area contributed by atoms with Crippen LogP contribution in [0.25, 0.3) is 72.9 Å². The van der Waals surface area contributed by atoms with Crippen LogP contribution in [0.2, 0.25) is 0 Å². The minimum absolute atomic E-state index is 0. The molecule has 14 nitrogen and oxygen atoms in total. The van der Waals surface area contributed by atoms with E-state index < -0.39 is 30.4 Å². The minimum Gasteiger partial charge on any atom is -1.00 e. The fourth-order valence-electron chi connectivity index (χ4n) is 12.3. The molecule has 0 heterocycles. The molecule has 0 aliphatic rings. The Morgan fingerprint density at radius 3 is 0.477 bits per heavy atom. The third-order valence-corrected chi connectivity index (χ3v) is 27.1. The molecule has 0 saturated carbocycles. The molecule has 0 aromatic heterocycles. The van der Waals surface area contributed by atoms with Crippen LogP contribution in [-0.4, -0.2) is 65.4 Å². The second-order valence-electron chi connectivity index (χ2n) is 29.4. The van der Waals surface area contributed by atoms with Gasteiger partial charge in [0.2, 0.25) is 0 Å². The largest absolute Gasteiger partial charge is 1.00 e. The van der Waals surface area contributed by atoms with Crippen molar-refractivity contribution in [2.75, 3.05) is 52.9 Å². The van der Waals surface area contributed by atoms with Crippen molar-refractivity contribution in [1.29, 1.82) is 0 Å². The van der Waals surface area contributed by atoms with Gasteiger partial charge in [-0.2, -0.15) is 0 Å². The van der Waals surface area contributed by atoms with Crippen molar-refractivity contribution in [2.24, 2.45) is 0 Å². The molecule has 0 atom stereocenters. The molecular weight excluding hydrogens is 1740 g/mol. The van der Waals surface area contributed by atoms with Crippen LogP contribution in [0.1, 0.15) is 207 Å². The summed E-state index contributed by atoms with van der Waals surface area (Å²) in [7, 11) is -12.3. The summed E-state index contributed by atoms with van der Waals surface area (Å²) in [5.74, 6) is 0. The van der Waals surface area contributed by atoms with E-state index in [1.54, 1.807) is 27.7 Å². The Morgan fingerprint density at radius 2 is 0.326 bits per heavy atom. The number of aryl methyl sites for hydroxylation is 4. The van der Waals surface area contributed by atoms with Crippen LogP contribution in [0.4, 0.5) is 0 Å². The van der Waals surface area contributed by atoms with Crippen molar-refractivity contribution >= 4 is 116 Å². The Morgan fingerprint density at radius 1 is 0.205 bits per heavy atom. The normalized spacial score (nSPS) is 11.2. The van der Waals surface area contributed by atoms with E-state index in [4.69, 9.17) is 36.2 Å². The van der Waals surface area contributed by atoms with E-state index in [9.17, 15) is 27.8 Å². The molecule has 0 spiro atoms. The summed E-state index contributed by atoms with van der Waals surface area (Å²) < 4.78 is 92.7. The van der Waals surface area contributed by atoms with Gasteiger partial charge in [-0.3, -0.25) is 27.8 Å².